The molecule has 32 heavy (non-hydrogen) atoms. The largest absolute Gasteiger partial charge is 0.467 e. The van der Waals surface area contributed by atoms with Crippen LogP contribution in [0.2, 0.25) is 0 Å². The van der Waals surface area contributed by atoms with Gasteiger partial charge in [-0.2, -0.15) is 0 Å². The van der Waals surface area contributed by atoms with Crippen LogP contribution < -0.4 is 0 Å². The van der Waals surface area contributed by atoms with Gasteiger partial charge in [0.05, 0.1) is 24.9 Å². The van der Waals surface area contributed by atoms with Crippen LogP contribution in [0.15, 0.2) is 65.4 Å². The van der Waals surface area contributed by atoms with Gasteiger partial charge in [-0.1, -0.05) is 12.1 Å². The molecule has 0 fully saturated rings. The van der Waals surface area contributed by atoms with Crippen molar-refractivity contribution in [3.8, 4) is 0 Å². The van der Waals surface area contributed by atoms with Crippen LogP contribution in [0.1, 0.15) is 28.2 Å². The highest BCUT2D eigenvalue weighted by molar-refractivity contribution is 5.96. The second-order valence-corrected chi connectivity index (χ2v) is 7.49. The van der Waals surface area contributed by atoms with Gasteiger partial charge in [0.2, 0.25) is 5.91 Å². The van der Waals surface area contributed by atoms with Crippen molar-refractivity contribution in [3.63, 3.8) is 0 Å². The maximum absolute atomic E-state index is 14.3. The fourth-order valence-electron chi connectivity index (χ4n) is 3.40. The van der Waals surface area contributed by atoms with Crippen LogP contribution in [-0.4, -0.2) is 53.0 Å². The molecule has 170 valence electrons. The van der Waals surface area contributed by atoms with Crippen molar-refractivity contribution >= 4 is 11.8 Å². The summed E-state index contributed by atoms with van der Waals surface area (Å²) in [6.45, 7) is 1.13. The Hall–Kier alpha value is -3.39. The number of halogens is 1. The number of ether oxygens (including phenoxy) is 1. The lowest BCUT2D eigenvalue weighted by Gasteiger charge is -2.27. The predicted octanol–water partition coefficient (Wildman–Crippen LogP) is 3.46. The van der Waals surface area contributed by atoms with Crippen LogP contribution in [0.4, 0.5) is 4.39 Å². The van der Waals surface area contributed by atoms with E-state index in [1.807, 2.05) is 29.9 Å². The standard InChI is InChI=1S/C24H28FN3O4/c1-26-12-5-8-19(26)16-28(17-20-9-6-15-32-20)23(29)18-27(13-7-14-31-2)24(30)21-10-3-4-11-22(21)25/h3-6,8-12,15H,7,13-14,16-18H2,1-2H3. The van der Waals surface area contributed by atoms with E-state index >= 15 is 0 Å². The molecule has 0 bridgehead atoms. The number of methoxy groups -OCH3 is 1. The molecule has 0 saturated heterocycles. The number of aryl methyl sites for hydroxylation is 1. The van der Waals surface area contributed by atoms with Crippen molar-refractivity contribution in [3.05, 3.63) is 83.8 Å². The summed E-state index contributed by atoms with van der Waals surface area (Å²) in [6.07, 6.45) is 3.99. The van der Waals surface area contributed by atoms with E-state index in [2.05, 4.69) is 0 Å². The van der Waals surface area contributed by atoms with Crippen LogP contribution >= 0.6 is 0 Å². The van der Waals surface area contributed by atoms with Gasteiger partial charge in [-0.15, -0.1) is 0 Å². The molecule has 0 saturated carbocycles. The highest BCUT2D eigenvalue weighted by Crippen LogP contribution is 2.14. The minimum atomic E-state index is -0.613. The molecule has 3 rings (SSSR count). The zero-order valence-electron chi connectivity index (χ0n) is 18.4. The van der Waals surface area contributed by atoms with Gasteiger partial charge < -0.3 is 23.5 Å². The monoisotopic (exact) mass is 441 g/mol. The summed E-state index contributed by atoms with van der Waals surface area (Å²) in [4.78, 5) is 29.4. The molecule has 0 spiro atoms. The number of amides is 2. The Labute approximate surface area is 187 Å². The van der Waals surface area contributed by atoms with Crippen molar-refractivity contribution in [2.24, 2.45) is 7.05 Å². The highest BCUT2D eigenvalue weighted by atomic mass is 19.1. The maximum atomic E-state index is 14.3. The van der Waals surface area contributed by atoms with Crippen molar-refractivity contribution in [1.29, 1.82) is 0 Å². The van der Waals surface area contributed by atoms with Gasteiger partial charge in [-0.25, -0.2) is 4.39 Å². The zero-order chi connectivity index (χ0) is 22.9. The van der Waals surface area contributed by atoms with Gasteiger partial charge in [-0.3, -0.25) is 9.59 Å². The molecule has 1 aromatic carbocycles. The molecule has 0 atom stereocenters. The fourth-order valence-corrected chi connectivity index (χ4v) is 3.40. The second-order valence-electron chi connectivity index (χ2n) is 7.49. The number of benzene rings is 1. The summed E-state index contributed by atoms with van der Waals surface area (Å²) in [5.74, 6) is -0.758. The molecule has 7 nitrogen and oxygen atoms in total. The molecule has 0 aliphatic heterocycles. The van der Waals surface area contributed by atoms with Crippen molar-refractivity contribution < 1.29 is 23.1 Å². The first-order valence-electron chi connectivity index (χ1n) is 10.4. The van der Waals surface area contributed by atoms with Crippen molar-refractivity contribution in [2.45, 2.75) is 19.5 Å². The molecule has 0 unspecified atom stereocenters. The minimum Gasteiger partial charge on any atom is -0.467 e. The Morgan fingerprint density at radius 2 is 1.88 bits per heavy atom. The third-order valence-electron chi connectivity index (χ3n) is 5.18. The lowest BCUT2D eigenvalue weighted by atomic mass is 10.1. The third kappa shape index (κ3) is 6.07. The van der Waals surface area contributed by atoms with Crippen LogP contribution in [0.3, 0.4) is 0 Å². The normalized spacial score (nSPS) is 10.8. The molecule has 0 N–H and O–H groups in total. The Balaban J connectivity index is 1.80. The summed E-state index contributed by atoms with van der Waals surface area (Å²) in [6, 6.07) is 13.2. The smallest absolute Gasteiger partial charge is 0.257 e. The molecule has 0 radical (unpaired) electrons. The Morgan fingerprint density at radius 3 is 2.53 bits per heavy atom. The van der Waals surface area contributed by atoms with Crippen molar-refractivity contribution in [2.75, 3.05) is 26.8 Å². The van der Waals surface area contributed by atoms with E-state index in [-0.39, 0.29) is 31.1 Å². The van der Waals surface area contributed by atoms with E-state index in [9.17, 15) is 14.0 Å². The number of carbonyl (C=O) groups excluding carboxylic acids is 2. The number of rotatable bonds is 11. The number of nitrogens with zero attached hydrogens (tertiary/aromatic N) is 3. The highest BCUT2D eigenvalue weighted by Gasteiger charge is 2.25. The van der Waals surface area contributed by atoms with E-state index in [0.29, 0.717) is 25.3 Å². The third-order valence-corrected chi connectivity index (χ3v) is 5.18. The topological polar surface area (TPSA) is 67.9 Å². The fraction of sp³-hybridized carbons (Fsp3) is 0.333. The SMILES string of the molecule is COCCCN(CC(=O)N(Cc1ccco1)Cc1cccn1C)C(=O)c1ccccc1F. The molecule has 2 heterocycles. The average Bonchev–Trinajstić information content (AvgIpc) is 3.44. The number of hydrogen-bond donors (Lipinski definition) is 0. The van der Waals surface area contributed by atoms with Gasteiger partial charge in [0, 0.05) is 39.2 Å². The van der Waals surface area contributed by atoms with Gasteiger partial charge in [0.25, 0.3) is 5.91 Å². The number of carbonyl (C=O) groups is 2. The molecule has 3 aromatic rings. The number of aromatic nitrogens is 1. The molecule has 0 aliphatic carbocycles. The minimum absolute atomic E-state index is 0.0577. The molecular weight excluding hydrogens is 413 g/mol. The number of furan rings is 1. The lowest BCUT2D eigenvalue weighted by molar-refractivity contribution is -0.133. The van der Waals surface area contributed by atoms with Crippen LogP contribution in [-0.2, 0) is 29.7 Å². The molecular formula is C24H28FN3O4. The van der Waals surface area contributed by atoms with Gasteiger partial charge >= 0.3 is 0 Å². The van der Waals surface area contributed by atoms with Crippen LogP contribution in [0.25, 0.3) is 0 Å². The van der Waals surface area contributed by atoms with E-state index < -0.39 is 11.7 Å². The molecule has 2 amide bonds. The van der Waals surface area contributed by atoms with Gasteiger partial charge in [0.15, 0.2) is 0 Å². The van der Waals surface area contributed by atoms with Crippen molar-refractivity contribution in [1.82, 2.24) is 14.4 Å². The molecule has 2 aromatic heterocycles. The summed E-state index contributed by atoms with van der Waals surface area (Å²) >= 11 is 0. The van der Waals surface area contributed by atoms with Crippen LogP contribution in [0.5, 0.6) is 0 Å². The predicted molar refractivity (Wildman–Crippen MR) is 117 cm³/mol. The van der Waals surface area contributed by atoms with Gasteiger partial charge in [-0.05, 0) is 42.8 Å². The second kappa shape index (κ2) is 11.3. The van der Waals surface area contributed by atoms with Gasteiger partial charge in [0.1, 0.15) is 18.1 Å². The lowest BCUT2D eigenvalue weighted by Crippen LogP contribution is -2.43. The first kappa shape index (κ1) is 23.3. The Morgan fingerprint density at radius 1 is 1.06 bits per heavy atom. The zero-order valence-corrected chi connectivity index (χ0v) is 18.4. The number of hydrogen-bond acceptors (Lipinski definition) is 4. The van der Waals surface area contributed by atoms with Crippen LogP contribution in [0, 0.1) is 5.82 Å². The molecule has 0 aliphatic rings. The van der Waals surface area contributed by atoms with E-state index in [0.717, 1.165) is 5.69 Å². The van der Waals surface area contributed by atoms with E-state index in [1.54, 1.807) is 36.5 Å². The summed E-state index contributed by atoms with van der Waals surface area (Å²) < 4.78 is 26.7. The average molecular weight is 442 g/mol. The summed E-state index contributed by atoms with van der Waals surface area (Å²) in [5, 5.41) is 0. The first-order valence-corrected chi connectivity index (χ1v) is 10.4. The summed E-state index contributed by atoms with van der Waals surface area (Å²) in [5.41, 5.74) is 0.883. The Bertz CT molecular complexity index is 1020. The Kier molecular flexibility index (Phi) is 8.21. The first-order chi connectivity index (χ1) is 15.5. The quantitative estimate of drug-likeness (QED) is 0.428. The van der Waals surface area contributed by atoms with E-state index in [4.69, 9.17) is 9.15 Å². The summed E-state index contributed by atoms with van der Waals surface area (Å²) in [7, 11) is 3.47. The van der Waals surface area contributed by atoms with E-state index in [1.165, 1.54) is 23.1 Å². The maximum Gasteiger partial charge on any atom is 0.257 e. The molecule has 8 heteroatoms.